The molecule has 0 saturated carbocycles. The molecule has 0 saturated heterocycles. The third-order valence-electron chi connectivity index (χ3n) is 2.63. The zero-order valence-electron chi connectivity index (χ0n) is 11.0. The molecule has 1 aromatic rings. The molecule has 0 amide bonds. The highest BCUT2D eigenvalue weighted by molar-refractivity contribution is 5.63. The predicted molar refractivity (Wildman–Crippen MR) is 73.6 cm³/mol. The van der Waals surface area contributed by atoms with Crippen LogP contribution in [0.1, 0.15) is 39.2 Å². The average molecular weight is 246 g/mol. The molecule has 0 spiro atoms. The van der Waals surface area contributed by atoms with E-state index in [-0.39, 0.29) is 5.69 Å². The van der Waals surface area contributed by atoms with Crippen LogP contribution in [-0.4, -0.2) is 11.0 Å². The fourth-order valence-corrected chi connectivity index (χ4v) is 1.43. The highest BCUT2D eigenvalue weighted by atomic mass is 16.6. The second-order valence-corrected chi connectivity index (χ2v) is 4.10. The quantitative estimate of drug-likeness (QED) is 0.502. The fraction of sp³-hybridized carbons (Fsp3) is 0.429. The zero-order valence-corrected chi connectivity index (χ0v) is 11.0. The Balaban J connectivity index is 3.12. The van der Waals surface area contributed by atoms with E-state index in [1.165, 1.54) is 12.1 Å². The summed E-state index contributed by atoms with van der Waals surface area (Å²) in [5.74, 6) is 5.92. The topological polar surface area (TPSA) is 55.2 Å². The first-order chi connectivity index (χ1) is 8.58. The van der Waals surface area contributed by atoms with E-state index in [2.05, 4.69) is 31.0 Å². The molecule has 4 nitrogen and oxygen atoms in total. The monoisotopic (exact) mass is 246 g/mol. The Labute approximate surface area is 108 Å². The zero-order chi connectivity index (χ0) is 13.5. The van der Waals surface area contributed by atoms with Crippen LogP contribution in [0, 0.1) is 22.0 Å². The Morgan fingerprint density at radius 2 is 2.17 bits per heavy atom. The summed E-state index contributed by atoms with van der Waals surface area (Å²) in [5.41, 5.74) is 1.62. The first-order valence-corrected chi connectivity index (χ1v) is 6.12. The van der Waals surface area contributed by atoms with Crippen molar-refractivity contribution < 1.29 is 4.92 Å². The van der Waals surface area contributed by atoms with Crippen LogP contribution >= 0.6 is 0 Å². The molecule has 1 N–H and O–H groups in total. The maximum absolute atomic E-state index is 10.8. The van der Waals surface area contributed by atoms with Crippen molar-refractivity contribution in [3.05, 3.63) is 33.9 Å². The lowest BCUT2D eigenvalue weighted by atomic mass is 10.1. The largest absolute Gasteiger partial charge is 0.382 e. The highest BCUT2D eigenvalue weighted by Crippen LogP contribution is 2.22. The van der Waals surface area contributed by atoms with Crippen LogP contribution in [0.15, 0.2) is 18.2 Å². The lowest BCUT2D eigenvalue weighted by Crippen LogP contribution is -2.14. The number of rotatable bonds is 4. The van der Waals surface area contributed by atoms with Crippen molar-refractivity contribution in [3.63, 3.8) is 0 Å². The highest BCUT2D eigenvalue weighted by Gasteiger charge is 2.10. The molecule has 0 fully saturated rings. The maximum Gasteiger partial charge on any atom is 0.270 e. The molecule has 1 unspecified atom stereocenters. The van der Waals surface area contributed by atoms with E-state index in [1.54, 1.807) is 6.07 Å². The van der Waals surface area contributed by atoms with Crippen LogP contribution < -0.4 is 5.32 Å². The number of non-ortho nitro benzene ring substituents is 1. The number of nitro groups is 1. The average Bonchev–Trinajstić information content (AvgIpc) is 2.37. The molecular weight excluding hydrogens is 228 g/mol. The molecule has 1 rings (SSSR count). The first-order valence-electron chi connectivity index (χ1n) is 6.12. The van der Waals surface area contributed by atoms with Gasteiger partial charge in [0.2, 0.25) is 0 Å². The fourth-order valence-electron chi connectivity index (χ4n) is 1.43. The molecule has 0 radical (unpaired) electrons. The van der Waals surface area contributed by atoms with Crippen molar-refractivity contribution in [2.24, 2.45) is 0 Å². The van der Waals surface area contributed by atoms with Crippen molar-refractivity contribution in [2.75, 3.05) is 5.32 Å². The molecule has 1 aromatic carbocycles. The lowest BCUT2D eigenvalue weighted by Gasteiger charge is -2.14. The third-order valence-corrected chi connectivity index (χ3v) is 2.63. The second kappa shape index (κ2) is 6.65. The summed E-state index contributed by atoms with van der Waals surface area (Å²) in [6, 6.07) is 5.06. The SMILES string of the molecule is CCC#Cc1cc([N+](=O)[O-])ccc1NC(C)CC. The molecule has 0 aliphatic rings. The number of hydrogen-bond donors (Lipinski definition) is 1. The Morgan fingerprint density at radius 1 is 1.44 bits per heavy atom. The maximum atomic E-state index is 10.8. The Morgan fingerprint density at radius 3 is 2.72 bits per heavy atom. The molecule has 0 bridgehead atoms. The van der Waals surface area contributed by atoms with Gasteiger partial charge in [-0.25, -0.2) is 0 Å². The Bertz CT molecular complexity index is 486. The Kier molecular flexibility index (Phi) is 5.19. The summed E-state index contributed by atoms with van der Waals surface area (Å²) in [6.07, 6.45) is 1.71. The van der Waals surface area contributed by atoms with Crippen LogP contribution in [0.5, 0.6) is 0 Å². The molecule has 4 heteroatoms. The van der Waals surface area contributed by atoms with E-state index < -0.39 is 4.92 Å². The molecule has 0 aliphatic heterocycles. The summed E-state index contributed by atoms with van der Waals surface area (Å²) in [7, 11) is 0. The normalized spacial score (nSPS) is 11.3. The molecule has 0 heterocycles. The summed E-state index contributed by atoms with van der Waals surface area (Å²) in [5, 5.41) is 14.1. The van der Waals surface area contributed by atoms with Crippen molar-refractivity contribution in [1.29, 1.82) is 0 Å². The predicted octanol–water partition coefficient (Wildman–Crippen LogP) is 3.57. The van der Waals surface area contributed by atoms with E-state index in [4.69, 9.17) is 0 Å². The Hall–Kier alpha value is -2.02. The van der Waals surface area contributed by atoms with Crippen molar-refractivity contribution in [1.82, 2.24) is 0 Å². The van der Waals surface area contributed by atoms with Gasteiger partial charge in [0.15, 0.2) is 0 Å². The number of nitro benzene ring substituents is 1. The van der Waals surface area contributed by atoms with Gasteiger partial charge < -0.3 is 5.32 Å². The van der Waals surface area contributed by atoms with Crippen LogP contribution in [0.25, 0.3) is 0 Å². The minimum absolute atomic E-state index is 0.0742. The van der Waals surface area contributed by atoms with Gasteiger partial charge in [0.1, 0.15) is 0 Å². The lowest BCUT2D eigenvalue weighted by molar-refractivity contribution is -0.384. The van der Waals surface area contributed by atoms with Crippen LogP contribution in [0.4, 0.5) is 11.4 Å². The standard InChI is InChI=1S/C14H18N2O2/c1-4-6-7-12-10-13(16(17)18)8-9-14(12)15-11(3)5-2/h8-11,15H,4-5H2,1-3H3. The second-order valence-electron chi connectivity index (χ2n) is 4.10. The molecule has 0 aliphatic carbocycles. The van der Waals surface area contributed by atoms with Gasteiger partial charge in [0.25, 0.3) is 5.69 Å². The van der Waals surface area contributed by atoms with E-state index >= 15 is 0 Å². The first kappa shape index (κ1) is 14.0. The minimum atomic E-state index is -0.399. The molecule has 0 aromatic heterocycles. The van der Waals surface area contributed by atoms with Crippen molar-refractivity contribution in [3.8, 4) is 11.8 Å². The van der Waals surface area contributed by atoms with E-state index in [0.717, 1.165) is 18.5 Å². The van der Waals surface area contributed by atoms with Gasteiger partial charge in [0.05, 0.1) is 16.2 Å². The minimum Gasteiger partial charge on any atom is -0.382 e. The smallest absolute Gasteiger partial charge is 0.270 e. The summed E-state index contributed by atoms with van der Waals surface area (Å²) in [6.45, 7) is 6.10. The van der Waals surface area contributed by atoms with Gasteiger partial charge in [-0.15, -0.1) is 0 Å². The number of hydrogen-bond acceptors (Lipinski definition) is 3. The molecule has 18 heavy (non-hydrogen) atoms. The van der Waals surface area contributed by atoms with Crippen LogP contribution in [0.3, 0.4) is 0 Å². The number of nitrogens with one attached hydrogen (secondary N) is 1. The molecular formula is C14H18N2O2. The molecule has 1 atom stereocenters. The van der Waals surface area contributed by atoms with E-state index in [9.17, 15) is 10.1 Å². The van der Waals surface area contributed by atoms with E-state index in [0.29, 0.717) is 11.6 Å². The molecule has 96 valence electrons. The van der Waals surface area contributed by atoms with Crippen molar-refractivity contribution in [2.45, 2.75) is 39.7 Å². The van der Waals surface area contributed by atoms with Crippen LogP contribution in [0.2, 0.25) is 0 Å². The number of benzene rings is 1. The number of nitrogens with zero attached hydrogens (tertiary/aromatic N) is 1. The number of anilines is 1. The van der Waals surface area contributed by atoms with Gasteiger partial charge >= 0.3 is 0 Å². The van der Waals surface area contributed by atoms with E-state index in [1.807, 2.05) is 6.92 Å². The van der Waals surface area contributed by atoms with Gasteiger partial charge in [-0.1, -0.05) is 25.7 Å². The van der Waals surface area contributed by atoms with Gasteiger partial charge in [-0.05, 0) is 19.4 Å². The summed E-state index contributed by atoms with van der Waals surface area (Å²) >= 11 is 0. The summed E-state index contributed by atoms with van der Waals surface area (Å²) < 4.78 is 0. The van der Waals surface area contributed by atoms with Crippen LogP contribution in [-0.2, 0) is 0 Å². The third kappa shape index (κ3) is 3.77. The van der Waals surface area contributed by atoms with Crippen molar-refractivity contribution >= 4 is 11.4 Å². The summed E-state index contributed by atoms with van der Waals surface area (Å²) in [4.78, 5) is 10.4. The van der Waals surface area contributed by atoms with Gasteiger partial charge in [0, 0.05) is 24.6 Å². The van der Waals surface area contributed by atoms with Gasteiger partial charge in [-0.2, -0.15) is 0 Å². The van der Waals surface area contributed by atoms with Gasteiger partial charge in [-0.3, -0.25) is 10.1 Å².